The maximum absolute atomic E-state index is 13.3. The molecule has 1 aromatic carbocycles. The highest BCUT2D eigenvalue weighted by Crippen LogP contribution is 2.12. The zero-order chi connectivity index (χ0) is 29.4. The molecule has 0 spiro atoms. The zero-order valence-electron chi connectivity index (χ0n) is 21.5. The van der Waals surface area contributed by atoms with Crippen LogP contribution in [0.4, 0.5) is 0 Å². The average Bonchev–Trinajstić information content (AvgIpc) is 2.87. The molecule has 216 valence electrons. The molecule has 3 unspecified atom stereocenters. The Hall–Kier alpha value is -4.60. The number of amides is 3. The lowest BCUT2D eigenvalue weighted by Crippen LogP contribution is -2.56. The van der Waals surface area contributed by atoms with E-state index >= 15 is 0 Å². The largest absolute Gasteiger partial charge is 0.508 e. The van der Waals surface area contributed by atoms with Gasteiger partial charge in [-0.05, 0) is 43.4 Å². The molecule has 0 aromatic heterocycles. The summed E-state index contributed by atoms with van der Waals surface area (Å²) in [7, 11) is 0. The highest BCUT2D eigenvalue weighted by molar-refractivity contribution is 5.93. The molecular formula is C23H38N10O6. The lowest BCUT2D eigenvalue weighted by molar-refractivity contribution is -0.138. The number of carbonyl (C=O) groups excluding carboxylic acids is 3. The molecule has 16 heteroatoms. The highest BCUT2D eigenvalue weighted by atomic mass is 16.4. The summed E-state index contributed by atoms with van der Waals surface area (Å²) in [6.07, 6.45) is 1.04. The second kappa shape index (κ2) is 17.0. The lowest BCUT2D eigenvalue weighted by atomic mass is 10.0. The van der Waals surface area contributed by atoms with Crippen LogP contribution in [0.2, 0.25) is 0 Å². The summed E-state index contributed by atoms with van der Waals surface area (Å²) < 4.78 is 0. The number of benzene rings is 1. The van der Waals surface area contributed by atoms with Crippen molar-refractivity contribution in [3.8, 4) is 5.75 Å². The van der Waals surface area contributed by atoms with Crippen LogP contribution in [0.3, 0.4) is 0 Å². The predicted molar refractivity (Wildman–Crippen MR) is 144 cm³/mol. The minimum atomic E-state index is -1.26. The number of hydrogen-bond donors (Lipinski definition) is 10. The van der Waals surface area contributed by atoms with Gasteiger partial charge >= 0.3 is 5.97 Å². The maximum Gasteiger partial charge on any atom is 0.322 e. The topological polar surface area (TPSA) is 300 Å². The Labute approximate surface area is 225 Å². The number of aliphatic imine (C=N–C) groups is 2. The minimum Gasteiger partial charge on any atom is -0.508 e. The van der Waals surface area contributed by atoms with Crippen LogP contribution in [0.5, 0.6) is 5.75 Å². The van der Waals surface area contributed by atoms with Gasteiger partial charge in [0.25, 0.3) is 0 Å². The SMILES string of the molecule is NC(N)=NCCCC(N)C(=O)NC(Cc1ccc(O)cc1)C(=O)NC(CCCN=C(N)N)C(=O)NCC(=O)O. The van der Waals surface area contributed by atoms with Gasteiger partial charge in [-0.15, -0.1) is 0 Å². The van der Waals surface area contributed by atoms with Gasteiger partial charge < -0.3 is 54.8 Å². The Morgan fingerprint density at radius 2 is 1.33 bits per heavy atom. The molecule has 0 aliphatic rings. The van der Waals surface area contributed by atoms with E-state index in [1.807, 2.05) is 0 Å². The predicted octanol–water partition coefficient (Wildman–Crippen LogP) is -3.46. The van der Waals surface area contributed by atoms with Crippen molar-refractivity contribution < 1.29 is 29.4 Å². The third kappa shape index (κ3) is 14.1. The Morgan fingerprint density at radius 1 is 0.795 bits per heavy atom. The van der Waals surface area contributed by atoms with Gasteiger partial charge in [0.1, 0.15) is 24.4 Å². The van der Waals surface area contributed by atoms with E-state index in [1.165, 1.54) is 12.1 Å². The molecule has 39 heavy (non-hydrogen) atoms. The van der Waals surface area contributed by atoms with Gasteiger partial charge in [-0.3, -0.25) is 29.2 Å². The van der Waals surface area contributed by atoms with Crippen LogP contribution in [0.15, 0.2) is 34.3 Å². The minimum absolute atomic E-state index is 0.00996. The number of carbonyl (C=O) groups is 4. The van der Waals surface area contributed by atoms with E-state index in [2.05, 4.69) is 25.9 Å². The number of guanidine groups is 2. The summed E-state index contributed by atoms with van der Waals surface area (Å²) in [4.78, 5) is 57.2. The summed E-state index contributed by atoms with van der Waals surface area (Å²) in [6, 6.07) is 2.73. The molecule has 0 heterocycles. The number of aromatic hydroxyl groups is 1. The van der Waals surface area contributed by atoms with Crippen molar-refractivity contribution in [2.24, 2.45) is 38.7 Å². The molecule has 3 amide bonds. The van der Waals surface area contributed by atoms with E-state index in [9.17, 15) is 24.3 Å². The van der Waals surface area contributed by atoms with Crippen LogP contribution < -0.4 is 44.6 Å². The second-order valence-corrected chi connectivity index (χ2v) is 8.61. The Kier molecular flexibility index (Phi) is 14.1. The molecule has 1 aromatic rings. The van der Waals surface area contributed by atoms with Crippen molar-refractivity contribution in [1.82, 2.24) is 16.0 Å². The number of nitrogens with one attached hydrogen (secondary N) is 3. The number of hydrogen-bond acceptors (Lipinski definition) is 8. The summed E-state index contributed by atoms with van der Waals surface area (Å²) in [5, 5.41) is 25.8. The number of nitrogens with zero attached hydrogens (tertiary/aromatic N) is 2. The number of carboxylic acids is 1. The lowest BCUT2D eigenvalue weighted by Gasteiger charge is -2.24. The fourth-order valence-corrected chi connectivity index (χ4v) is 3.34. The number of aliphatic carboxylic acids is 1. The smallest absolute Gasteiger partial charge is 0.322 e. The van der Waals surface area contributed by atoms with Crippen LogP contribution in [0, 0.1) is 0 Å². The van der Waals surface area contributed by atoms with E-state index in [0.717, 1.165) is 0 Å². The van der Waals surface area contributed by atoms with Gasteiger partial charge in [0.05, 0.1) is 6.04 Å². The number of carboxylic acid groups (broad SMARTS) is 1. The third-order valence-corrected chi connectivity index (χ3v) is 5.31. The van der Waals surface area contributed by atoms with Gasteiger partial charge in [0, 0.05) is 19.5 Å². The molecule has 15 N–H and O–H groups in total. The molecule has 16 nitrogen and oxygen atoms in total. The Bertz CT molecular complexity index is 1020. The molecule has 0 aliphatic heterocycles. The first-order valence-electron chi connectivity index (χ1n) is 12.1. The highest BCUT2D eigenvalue weighted by Gasteiger charge is 2.28. The molecular weight excluding hydrogens is 512 g/mol. The monoisotopic (exact) mass is 550 g/mol. The van der Waals surface area contributed by atoms with Gasteiger partial charge in [-0.1, -0.05) is 12.1 Å². The summed E-state index contributed by atoms with van der Waals surface area (Å²) in [5.41, 5.74) is 27.8. The van der Waals surface area contributed by atoms with E-state index in [4.69, 9.17) is 33.8 Å². The summed E-state index contributed by atoms with van der Waals surface area (Å²) >= 11 is 0. The van der Waals surface area contributed by atoms with Gasteiger partial charge in [0.15, 0.2) is 11.9 Å². The number of rotatable bonds is 17. The van der Waals surface area contributed by atoms with Crippen LogP contribution >= 0.6 is 0 Å². The summed E-state index contributed by atoms with van der Waals surface area (Å²) in [6.45, 7) is -0.210. The normalized spacial score (nSPS) is 12.7. The van der Waals surface area contributed by atoms with E-state index in [1.54, 1.807) is 12.1 Å². The first kappa shape index (κ1) is 32.4. The first-order chi connectivity index (χ1) is 18.4. The van der Waals surface area contributed by atoms with Crippen molar-refractivity contribution in [3.05, 3.63) is 29.8 Å². The van der Waals surface area contributed by atoms with E-state index in [0.29, 0.717) is 18.4 Å². The molecule has 1 rings (SSSR count). The quantitative estimate of drug-likeness (QED) is 0.0516. The third-order valence-electron chi connectivity index (χ3n) is 5.31. The number of nitrogens with two attached hydrogens (primary N) is 5. The molecule has 0 saturated carbocycles. The molecule has 0 saturated heterocycles. The van der Waals surface area contributed by atoms with Gasteiger partial charge in [0.2, 0.25) is 17.7 Å². The van der Waals surface area contributed by atoms with Crippen LogP contribution in [-0.2, 0) is 25.6 Å². The average molecular weight is 551 g/mol. The van der Waals surface area contributed by atoms with E-state index in [-0.39, 0.29) is 50.0 Å². The zero-order valence-corrected chi connectivity index (χ0v) is 21.5. The number of phenolic OH excluding ortho intramolecular Hbond substituents is 1. The number of phenols is 1. The molecule has 0 fully saturated rings. The molecule has 0 radical (unpaired) electrons. The Balaban J connectivity index is 3.03. The van der Waals surface area contributed by atoms with Crippen molar-refractivity contribution in [1.29, 1.82) is 0 Å². The standard InChI is InChI=1S/C23H38N10O6/c24-15(3-1-9-29-22(25)26)19(37)33-17(11-13-5-7-14(34)8-6-13)21(39)32-16(4-2-10-30-23(27)28)20(38)31-12-18(35)36/h5-8,15-17,34H,1-4,9-12,24H2,(H,31,38)(H,32,39)(H,33,37)(H,35,36)(H4,25,26,29)(H4,27,28,30). The Morgan fingerprint density at radius 3 is 1.87 bits per heavy atom. The molecule has 0 bridgehead atoms. The second-order valence-electron chi connectivity index (χ2n) is 8.61. The van der Waals surface area contributed by atoms with Crippen molar-refractivity contribution in [2.45, 2.75) is 50.2 Å². The van der Waals surface area contributed by atoms with Crippen molar-refractivity contribution >= 4 is 35.6 Å². The molecule has 0 aliphatic carbocycles. The van der Waals surface area contributed by atoms with E-state index < -0.39 is 48.4 Å². The molecule has 3 atom stereocenters. The van der Waals surface area contributed by atoms with Crippen molar-refractivity contribution in [2.75, 3.05) is 19.6 Å². The van der Waals surface area contributed by atoms with Crippen LogP contribution in [0.1, 0.15) is 31.2 Å². The van der Waals surface area contributed by atoms with Crippen LogP contribution in [-0.4, -0.2) is 83.6 Å². The maximum atomic E-state index is 13.3. The van der Waals surface area contributed by atoms with Crippen LogP contribution in [0.25, 0.3) is 0 Å². The van der Waals surface area contributed by atoms with Crippen molar-refractivity contribution in [3.63, 3.8) is 0 Å². The fraction of sp³-hybridized carbons (Fsp3) is 0.478. The summed E-state index contributed by atoms with van der Waals surface area (Å²) in [5.74, 6) is -3.53. The first-order valence-corrected chi connectivity index (χ1v) is 12.1. The van der Waals surface area contributed by atoms with Gasteiger partial charge in [-0.25, -0.2) is 0 Å². The van der Waals surface area contributed by atoms with Gasteiger partial charge in [-0.2, -0.15) is 0 Å². The fourth-order valence-electron chi connectivity index (χ4n) is 3.34.